The fraction of sp³-hybridized carbons (Fsp3) is 0.278. The molecule has 0 radical (unpaired) electrons. The molecule has 5 nitrogen and oxygen atoms in total. The van der Waals surface area contributed by atoms with E-state index in [9.17, 15) is 4.79 Å². The van der Waals surface area contributed by atoms with Gasteiger partial charge in [0.05, 0.1) is 5.69 Å². The molecule has 5 heteroatoms. The maximum atomic E-state index is 12.1. The van der Waals surface area contributed by atoms with Crippen molar-refractivity contribution in [3.8, 4) is 0 Å². The molecule has 1 aromatic heterocycles. The number of rotatable bonds is 2. The first kappa shape index (κ1) is 15.2. The van der Waals surface area contributed by atoms with Crippen molar-refractivity contribution in [1.29, 1.82) is 0 Å². The largest absolute Gasteiger partial charge is 0.402 e. The zero-order chi connectivity index (χ0) is 16.7. The number of hydrogen-bond donors (Lipinski definition) is 0. The fourth-order valence-corrected chi connectivity index (χ4v) is 2.77. The first-order chi connectivity index (χ1) is 10.8. The van der Waals surface area contributed by atoms with E-state index in [1.807, 2.05) is 46.9 Å². The second kappa shape index (κ2) is 5.50. The number of hydrogen-bond acceptors (Lipinski definition) is 4. The molecular weight excluding hydrogens is 290 g/mol. The van der Waals surface area contributed by atoms with E-state index in [2.05, 4.69) is 16.2 Å². The summed E-state index contributed by atoms with van der Waals surface area (Å²) in [6.07, 6.45) is 1.75. The topological polar surface area (TPSA) is 56.5 Å². The summed E-state index contributed by atoms with van der Waals surface area (Å²) in [6, 6.07) is 5.99. The van der Waals surface area contributed by atoms with Crippen LogP contribution >= 0.6 is 0 Å². The number of aromatic nitrogens is 2. The van der Waals surface area contributed by atoms with Crippen molar-refractivity contribution < 1.29 is 9.53 Å². The number of aryl methyl sites for hydroxylation is 4. The molecule has 118 valence electrons. The summed E-state index contributed by atoms with van der Waals surface area (Å²) >= 11 is 0. The van der Waals surface area contributed by atoms with Gasteiger partial charge in [-0.3, -0.25) is 4.68 Å². The van der Waals surface area contributed by atoms with Crippen LogP contribution in [0.15, 0.2) is 28.9 Å². The molecule has 0 atom stereocenters. The molecule has 2 aromatic rings. The maximum Gasteiger partial charge on any atom is 0.363 e. The monoisotopic (exact) mass is 309 g/mol. The van der Waals surface area contributed by atoms with E-state index in [0.717, 1.165) is 33.6 Å². The SMILES string of the molecule is Cc1cc(C)cc(C2=NC(=Cc3c(C)nn(C)c3C)C(=O)O2)c1. The fourth-order valence-electron chi connectivity index (χ4n) is 2.77. The number of carbonyl (C=O) groups excluding carboxylic acids is 1. The van der Waals surface area contributed by atoms with Crippen LogP contribution < -0.4 is 0 Å². The molecule has 2 heterocycles. The Hall–Kier alpha value is -2.69. The van der Waals surface area contributed by atoms with E-state index in [1.165, 1.54) is 0 Å². The molecule has 0 unspecified atom stereocenters. The van der Waals surface area contributed by atoms with Gasteiger partial charge in [0.15, 0.2) is 5.70 Å². The highest BCUT2D eigenvalue weighted by Gasteiger charge is 2.25. The van der Waals surface area contributed by atoms with Crippen LogP contribution in [0.25, 0.3) is 6.08 Å². The maximum absolute atomic E-state index is 12.1. The van der Waals surface area contributed by atoms with Gasteiger partial charge < -0.3 is 4.74 Å². The van der Waals surface area contributed by atoms with Gasteiger partial charge in [0, 0.05) is 23.9 Å². The third-order valence-electron chi connectivity index (χ3n) is 3.94. The smallest absolute Gasteiger partial charge is 0.363 e. The summed E-state index contributed by atoms with van der Waals surface area (Å²) in [5, 5.41) is 4.35. The van der Waals surface area contributed by atoms with Crippen molar-refractivity contribution in [2.75, 3.05) is 0 Å². The molecule has 3 rings (SSSR count). The van der Waals surface area contributed by atoms with E-state index in [0.29, 0.717) is 11.6 Å². The van der Waals surface area contributed by atoms with Gasteiger partial charge in [-0.25, -0.2) is 9.79 Å². The predicted octanol–water partition coefficient (Wildman–Crippen LogP) is 3.00. The van der Waals surface area contributed by atoms with Gasteiger partial charge in [-0.2, -0.15) is 5.10 Å². The minimum absolute atomic E-state index is 0.304. The van der Waals surface area contributed by atoms with Crippen LogP contribution in [0, 0.1) is 27.7 Å². The summed E-state index contributed by atoms with van der Waals surface area (Å²) in [5.74, 6) is -0.0749. The van der Waals surface area contributed by atoms with Gasteiger partial charge in [-0.15, -0.1) is 0 Å². The average Bonchev–Trinajstić information content (AvgIpc) is 2.94. The first-order valence-corrected chi connectivity index (χ1v) is 7.46. The van der Waals surface area contributed by atoms with E-state index in [4.69, 9.17) is 4.74 Å². The lowest BCUT2D eigenvalue weighted by molar-refractivity contribution is -0.129. The lowest BCUT2D eigenvalue weighted by atomic mass is 10.1. The highest BCUT2D eigenvalue weighted by Crippen LogP contribution is 2.23. The van der Waals surface area contributed by atoms with Gasteiger partial charge in [0.2, 0.25) is 5.90 Å². The zero-order valence-electron chi connectivity index (χ0n) is 14.0. The van der Waals surface area contributed by atoms with Crippen LogP contribution in [0.3, 0.4) is 0 Å². The van der Waals surface area contributed by atoms with Crippen LogP contribution in [0.2, 0.25) is 0 Å². The van der Waals surface area contributed by atoms with Crippen molar-refractivity contribution in [2.24, 2.45) is 12.0 Å². The predicted molar refractivity (Wildman–Crippen MR) is 89.2 cm³/mol. The Balaban J connectivity index is 2.03. The molecule has 0 fully saturated rings. The second-order valence-corrected chi connectivity index (χ2v) is 5.92. The number of benzene rings is 1. The molecule has 0 saturated heterocycles. The van der Waals surface area contributed by atoms with Crippen molar-refractivity contribution in [3.05, 3.63) is 57.5 Å². The van der Waals surface area contributed by atoms with Crippen LogP contribution in [-0.2, 0) is 16.6 Å². The van der Waals surface area contributed by atoms with Crippen molar-refractivity contribution in [1.82, 2.24) is 9.78 Å². The standard InChI is InChI=1S/C18H19N3O2/c1-10-6-11(2)8-14(7-10)17-19-16(18(22)23-17)9-15-12(3)20-21(5)13(15)4/h6-9H,1-5H3. The quantitative estimate of drug-likeness (QED) is 0.633. The first-order valence-electron chi connectivity index (χ1n) is 7.46. The summed E-state index contributed by atoms with van der Waals surface area (Å²) < 4.78 is 7.13. The molecule has 0 aliphatic carbocycles. The van der Waals surface area contributed by atoms with E-state index in [1.54, 1.807) is 10.8 Å². The van der Waals surface area contributed by atoms with Crippen molar-refractivity contribution >= 4 is 17.9 Å². The molecule has 1 aromatic carbocycles. The Kier molecular flexibility index (Phi) is 3.64. The van der Waals surface area contributed by atoms with Crippen LogP contribution in [0.1, 0.15) is 33.6 Å². The Bertz CT molecular complexity index is 852. The van der Waals surface area contributed by atoms with Gasteiger partial charge in [0.1, 0.15) is 0 Å². The highest BCUT2D eigenvalue weighted by atomic mass is 16.6. The Labute approximate surface area is 135 Å². The van der Waals surface area contributed by atoms with E-state index in [-0.39, 0.29) is 0 Å². The summed E-state index contributed by atoms with van der Waals surface area (Å²) in [5.41, 5.74) is 6.09. The van der Waals surface area contributed by atoms with Gasteiger partial charge in [-0.1, -0.05) is 17.2 Å². The van der Waals surface area contributed by atoms with E-state index >= 15 is 0 Å². The van der Waals surface area contributed by atoms with Gasteiger partial charge >= 0.3 is 5.97 Å². The number of esters is 1. The zero-order valence-corrected chi connectivity index (χ0v) is 14.0. The molecule has 1 aliphatic heterocycles. The molecular formula is C18H19N3O2. The van der Waals surface area contributed by atoms with Gasteiger partial charge in [-0.05, 0) is 45.9 Å². The highest BCUT2D eigenvalue weighted by molar-refractivity contribution is 6.13. The number of nitrogens with zero attached hydrogens (tertiary/aromatic N) is 3. The summed E-state index contributed by atoms with van der Waals surface area (Å²) in [4.78, 5) is 16.5. The molecule has 0 bridgehead atoms. The number of carbonyl (C=O) groups is 1. The third kappa shape index (κ3) is 2.82. The molecule has 0 saturated carbocycles. The second-order valence-electron chi connectivity index (χ2n) is 5.92. The lowest BCUT2D eigenvalue weighted by Crippen LogP contribution is -2.06. The molecule has 1 aliphatic rings. The van der Waals surface area contributed by atoms with Crippen molar-refractivity contribution in [2.45, 2.75) is 27.7 Å². The average molecular weight is 309 g/mol. The Morgan fingerprint density at radius 1 is 1.09 bits per heavy atom. The minimum atomic E-state index is -0.429. The molecule has 0 amide bonds. The molecule has 0 spiro atoms. The van der Waals surface area contributed by atoms with E-state index < -0.39 is 5.97 Å². The molecule has 23 heavy (non-hydrogen) atoms. The number of aliphatic imine (C=N–C) groups is 1. The van der Waals surface area contributed by atoms with Crippen LogP contribution in [0.4, 0.5) is 0 Å². The van der Waals surface area contributed by atoms with Gasteiger partial charge in [0.25, 0.3) is 0 Å². The van der Waals surface area contributed by atoms with Crippen LogP contribution in [0.5, 0.6) is 0 Å². The van der Waals surface area contributed by atoms with Crippen molar-refractivity contribution in [3.63, 3.8) is 0 Å². The third-order valence-corrected chi connectivity index (χ3v) is 3.94. The normalized spacial score (nSPS) is 16.0. The number of ether oxygens (including phenoxy) is 1. The Morgan fingerprint density at radius 2 is 1.74 bits per heavy atom. The number of cyclic esters (lactones) is 1. The lowest BCUT2D eigenvalue weighted by Gasteiger charge is -2.03. The van der Waals surface area contributed by atoms with Crippen LogP contribution in [-0.4, -0.2) is 21.6 Å². The minimum Gasteiger partial charge on any atom is -0.402 e. The summed E-state index contributed by atoms with van der Waals surface area (Å²) in [6.45, 7) is 7.88. The Morgan fingerprint density at radius 3 is 2.30 bits per heavy atom. The molecule has 0 N–H and O–H groups in total. The summed E-state index contributed by atoms with van der Waals surface area (Å²) in [7, 11) is 1.88.